The first-order chi connectivity index (χ1) is 13.8. The molecule has 6 heteroatoms. The first-order valence-corrected chi connectivity index (χ1v) is 10.8. The monoisotopic (exact) mass is 396 g/mol. The van der Waals surface area contributed by atoms with Gasteiger partial charge in [-0.15, -0.1) is 0 Å². The van der Waals surface area contributed by atoms with Gasteiger partial charge in [-0.3, -0.25) is 14.3 Å². The lowest BCUT2D eigenvalue weighted by molar-refractivity contribution is -0.135. The summed E-state index contributed by atoms with van der Waals surface area (Å²) in [6.07, 6.45) is 3.15. The summed E-state index contributed by atoms with van der Waals surface area (Å²) in [5, 5.41) is 4.45. The molecule has 0 aliphatic carbocycles. The van der Waals surface area contributed by atoms with Crippen molar-refractivity contribution in [2.45, 2.75) is 65.5 Å². The van der Waals surface area contributed by atoms with Gasteiger partial charge in [0, 0.05) is 42.5 Å². The van der Waals surface area contributed by atoms with Gasteiger partial charge in [-0.05, 0) is 57.1 Å². The number of likely N-dealkylation sites (tertiary alicyclic amines) is 1. The van der Waals surface area contributed by atoms with Crippen molar-refractivity contribution in [1.82, 2.24) is 19.2 Å². The maximum Gasteiger partial charge on any atom is 0.250 e. The van der Waals surface area contributed by atoms with Crippen LogP contribution in [0.4, 0.5) is 0 Å². The standard InChI is InChI=1S/C23H32N4O2/c1-15(2)8-9-21-19-11-18(20-6-5-7-22(28)27(20)21)12-25(13-19)23(29)14-26-17(4)10-16(3)24-26/h5-7,10,15,18-19,21H,8-9,11-14H2,1-4H3/t18-,19+,21+/m1/s1. The molecule has 2 aliphatic heterocycles. The van der Waals surface area contributed by atoms with Gasteiger partial charge >= 0.3 is 0 Å². The minimum Gasteiger partial charge on any atom is -0.340 e. The number of aryl methyl sites for hydroxylation is 2. The van der Waals surface area contributed by atoms with Crippen LogP contribution in [0.1, 0.15) is 62.2 Å². The van der Waals surface area contributed by atoms with Crippen LogP contribution < -0.4 is 5.56 Å². The molecule has 4 rings (SSSR count). The molecule has 6 nitrogen and oxygen atoms in total. The predicted octanol–water partition coefficient (Wildman–Crippen LogP) is 3.28. The van der Waals surface area contributed by atoms with Crippen LogP contribution in [-0.4, -0.2) is 38.2 Å². The lowest BCUT2D eigenvalue weighted by Crippen LogP contribution is -2.51. The summed E-state index contributed by atoms with van der Waals surface area (Å²) < 4.78 is 3.85. The maximum absolute atomic E-state index is 13.1. The number of rotatable bonds is 5. The largest absolute Gasteiger partial charge is 0.340 e. The highest BCUT2D eigenvalue weighted by Crippen LogP contribution is 2.43. The predicted molar refractivity (Wildman–Crippen MR) is 113 cm³/mol. The molecule has 1 amide bonds. The van der Waals surface area contributed by atoms with Crippen molar-refractivity contribution in [3.8, 4) is 0 Å². The average Bonchev–Trinajstić information content (AvgIpc) is 2.98. The molecule has 156 valence electrons. The number of amides is 1. The minimum absolute atomic E-state index is 0.105. The number of carbonyl (C=O) groups excluding carboxylic acids is 1. The zero-order valence-electron chi connectivity index (χ0n) is 18.0. The molecule has 0 unspecified atom stereocenters. The SMILES string of the molecule is Cc1cc(C)n(CC(=O)N2C[C@H]3C[C@@H](C2)[C@H](CCC(C)C)n2c3cccc2=O)n1. The van der Waals surface area contributed by atoms with Gasteiger partial charge < -0.3 is 9.47 Å². The number of hydrogen-bond acceptors (Lipinski definition) is 3. The van der Waals surface area contributed by atoms with E-state index in [2.05, 4.69) is 25.0 Å². The van der Waals surface area contributed by atoms with E-state index in [-0.39, 0.29) is 30.0 Å². The van der Waals surface area contributed by atoms with Gasteiger partial charge in [-0.1, -0.05) is 19.9 Å². The van der Waals surface area contributed by atoms with Gasteiger partial charge in [0.25, 0.3) is 5.56 Å². The average molecular weight is 397 g/mol. The number of hydrogen-bond donors (Lipinski definition) is 0. The van der Waals surface area contributed by atoms with Crippen molar-refractivity contribution in [2.75, 3.05) is 13.1 Å². The van der Waals surface area contributed by atoms with Crippen LogP contribution >= 0.6 is 0 Å². The molecule has 1 saturated heterocycles. The Labute approximate surface area is 172 Å². The molecule has 0 saturated carbocycles. The Hall–Kier alpha value is -2.37. The van der Waals surface area contributed by atoms with Gasteiger partial charge in [-0.2, -0.15) is 5.10 Å². The highest BCUT2D eigenvalue weighted by Gasteiger charge is 2.41. The summed E-state index contributed by atoms with van der Waals surface area (Å²) in [5.74, 6) is 1.30. The summed E-state index contributed by atoms with van der Waals surface area (Å²) in [7, 11) is 0. The van der Waals surface area contributed by atoms with Crippen LogP contribution in [0.5, 0.6) is 0 Å². The third kappa shape index (κ3) is 3.89. The van der Waals surface area contributed by atoms with Gasteiger partial charge in [0.1, 0.15) is 6.54 Å². The highest BCUT2D eigenvalue weighted by molar-refractivity contribution is 5.76. The summed E-state index contributed by atoms with van der Waals surface area (Å²) in [4.78, 5) is 27.8. The number of piperidine rings is 1. The summed E-state index contributed by atoms with van der Waals surface area (Å²) >= 11 is 0. The molecule has 0 spiro atoms. The molecule has 1 fully saturated rings. The van der Waals surface area contributed by atoms with Crippen LogP contribution in [-0.2, 0) is 11.3 Å². The van der Waals surface area contributed by atoms with Gasteiger partial charge in [-0.25, -0.2) is 0 Å². The number of nitrogens with zero attached hydrogens (tertiary/aromatic N) is 4. The fourth-order valence-corrected chi connectivity index (χ4v) is 5.18. The summed E-state index contributed by atoms with van der Waals surface area (Å²) in [6, 6.07) is 7.81. The van der Waals surface area contributed by atoms with Crippen molar-refractivity contribution in [1.29, 1.82) is 0 Å². The molecule has 29 heavy (non-hydrogen) atoms. The molecular weight excluding hydrogens is 364 g/mol. The van der Waals surface area contributed by atoms with E-state index in [9.17, 15) is 9.59 Å². The van der Waals surface area contributed by atoms with E-state index in [1.165, 1.54) is 0 Å². The normalized spacial score (nSPS) is 23.3. The molecular formula is C23H32N4O2. The molecule has 0 aromatic carbocycles. The van der Waals surface area contributed by atoms with Crippen LogP contribution in [0, 0.1) is 25.7 Å². The number of aromatic nitrogens is 3. The van der Waals surface area contributed by atoms with Crippen LogP contribution in [0.15, 0.2) is 29.1 Å². The Morgan fingerprint density at radius 1 is 1.24 bits per heavy atom. The van der Waals surface area contributed by atoms with E-state index in [1.807, 2.05) is 35.4 Å². The Morgan fingerprint density at radius 2 is 2.03 bits per heavy atom. The Bertz CT molecular complexity index is 958. The summed E-state index contributed by atoms with van der Waals surface area (Å²) in [5.41, 5.74) is 3.16. The molecule has 2 aromatic rings. The first-order valence-electron chi connectivity index (χ1n) is 10.8. The molecule has 2 aromatic heterocycles. The van der Waals surface area contributed by atoms with E-state index in [1.54, 1.807) is 10.7 Å². The summed E-state index contributed by atoms with van der Waals surface area (Å²) in [6.45, 7) is 10.1. The molecule has 4 heterocycles. The fraction of sp³-hybridized carbons (Fsp3) is 0.609. The fourth-order valence-electron chi connectivity index (χ4n) is 5.18. The Morgan fingerprint density at radius 3 is 2.72 bits per heavy atom. The minimum atomic E-state index is 0.105. The lowest BCUT2D eigenvalue weighted by atomic mass is 9.76. The molecule has 0 radical (unpaired) electrons. The van der Waals surface area contributed by atoms with Crippen molar-refractivity contribution >= 4 is 5.91 Å². The topological polar surface area (TPSA) is 60.1 Å². The second-order valence-electron chi connectivity index (χ2n) is 9.27. The highest BCUT2D eigenvalue weighted by atomic mass is 16.2. The Balaban J connectivity index is 1.59. The third-order valence-electron chi connectivity index (χ3n) is 6.58. The van der Waals surface area contributed by atoms with Crippen molar-refractivity contribution in [3.63, 3.8) is 0 Å². The van der Waals surface area contributed by atoms with Crippen molar-refractivity contribution < 1.29 is 4.79 Å². The van der Waals surface area contributed by atoms with Crippen LogP contribution in [0.3, 0.4) is 0 Å². The van der Waals surface area contributed by atoms with Crippen molar-refractivity contribution in [2.24, 2.45) is 11.8 Å². The quantitative estimate of drug-likeness (QED) is 0.779. The third-order valence-corrected chi connectivity index (χ3v) is 6.58. The van der Waals surface area contributed by atoms with E-state index in [0.717, 1.165) is 42.9 Å². The molecule has 3 atom stereocenters. The first kappa shape index (κ1) is 19.9. The maximum atomic E-state index is 13.1. The zero-order valence-corrected chi connectivity index (χ0v) is 18.0. The van der Waals surface area contributed by atoms with E-state index in [0.29, 0.717) is 18.4 Å². The molecule has 2 bridgehead atoms. The van der Waals surface area contributed by atoms with Gasteiger partial charge in [0.15, 0.2) is 0 Å². The van der Waals surface area contributed by atoms with E-state index < -0.39 is 0 Å². The Kier molecular flexibility index (Phi) is 5.36. The zero-order chi connectivity index (χ0) is 20.7. The second kappa shape index (κ2) is 7.81. The molecule has 2 aliphatic rings. The number of pyridine rings is 1. The smallest absolute Gasteiger partial charge is 0.250 e. The van der Waals surface area contributed by atoms with Crippen LogP contribution in [0.25, 0.3) is 0 Å². The van der Waals surface area contributed by atoms with Gasteiger partial charge in [0.2, 0.25) is 5.91 Å². The van der Waals surface area contributed by atoms with E-state index >= 15 is 0 Å². The number of fused-ring (bicyclic) bond motifs is 4. The lowest BCUT2D eigenvalue weighted by Gasteiger charge is -2.47. The van der Waals surface area contributed by atoms with E-state index in [4.69, 9.17) is 0 Å². The van der Waals surface area contributed by atoms with Crippen LogP contribution in [0.2, 0.25) is 0 Å². The molecule has 0 N–H and O–H groups in total. The number of carbonyl (C=O) groups is 1. The second-order valence-corrected chi connectivity index (χ2v) is 9.27. The van der Waals surface area contributed by atoms with Gasteiger partial charge in [0.05, 0.1) is 5.69 Å². The van der Waals surface area contributed by atoms with Crippen molar-refractivity contribution in [3.05, 3.63) is 51.7 Å².